The fourth-order valence-electron chi connectivity index (χ4n) is 11.6. The summed E-state index contributed by atoms with van der Waals surface area (Å²) in [5, 5.41) is 12.8. The summed E-state index contributed by atoms with van der Waals surface area (Å²) in [7, 11) is 0. The van der Waals surface area contributed by atoms with E-state index in [0.29, 0.717) is 18.3 Å². The number of fused-ring (bicyclic) bond motifs is 7. The first-order valence-corrected chi connectivity index (χ1v) is 17.0. The highest BCUT2D eigenvalue weighted by Gasteiger charge is 2.69. The Labute approximate surface area is 259 Å². The van der Waals surface area contributed by atoms with Crippen molar-refractivity contribution in [3.05, 3.63) is 41.5 Å². The van der Waals surface area contributed by atoms with Crippen molar-refractivity contribution in [2.75, 3.05) is 6.73 Å². The molecule has 1 unspecified atom stereocenters. The summed E-state index contributed by atoms with van der Waals surface area (Å²) >= 11 is 0. The standard InChI is InChI=1S/C38H55NO4/c1-33(2)13-9-14-36(5)30(33)12-15-38(7)31(36)29(41)21-27-28-22-35(4,17-16-34(28,3)18-19-37(27,38)6)32(42)39-24-43-23-25-10-8-11-26(40)20-25/h8,10-11,20-21,28,30-31,40H,9,12-19,22-24H2,1-7H3,(H,39,42)/t28-,30?,31+,34+,35-,36-,37+,38+/m0/s1. The molecule has 4 saturated carbocycles. The molecular formula is C38H55NO4. The number of allylic oxidation sites excluding steroid dienone is 2. The van der Waals surface area contributed by atoms with Crippen molar-refractivity contribution >= 4 is 11.7 Å². The Hall–Kier alpha value is -2.14. The van der Waals surface area contributed by atoms with Gasteiger partial charge in [-0.2, -0.15) is 0 Å². The van der Waals surface area contributed by atoms with E-state index in [-0.39, 0.29) is 57.3 Å². The van der Waals surface area contributed by atoms with E-state index < -0.39 is 5.41 Å². The van der Waals surface area contributed by atoms with Crippen LogP contribution in [0.15, 0.2) is 35.9 Å². The average molecular weight is 590 g/mol. The largest absolute Gasteiger partial charge is 0.508 e. The first kappa shape index (κ1) is 30.9. The second-order valence-corrected chi connectivity index (χ2v) is 17.3. The van der Waals surface area contributed by atoms with Gasteiger partial charge in [0, 0.05) is 11.3 Å². The summed E-state index contributed by atoms with van der Waals surface area (Å²) in [6, 6.07) is 7.01. The van der Waals surface area contributed by atoms with Crippen LogP contribution in [-0.4, -0.2) is 23.5 Å². The zero-order valence-electron chi connectivity index (χ0n) is 27.8. The molecule has 1 amide bonds. The second kappa shape index (κ2) is 10.2. The molecule has 43 heavy (non-hydrogen) atoms. The number of nitrogens with one attached hydrogen (secondary N) is 1. The van der Waals surface area contributed by atoms with Gasteiger partial charge in [0.25, 0.3) is 0 Å². The van der Waals surface area contributed by atoms with Crippen LogP contribution in [0.3, 0.4) is 0 Å². The number of aromatic hydroxyl groups is 1. The molecule has 5 nitrogen and oxygen atoms in total. The van der Waals surface area contributed by atoms with Crippen molar-refractivity contribution in [3.8, 4) is 5.75 Å². The fourth-order valence-corrected chi connectivity index (χ4v) is 11.6. The van der Waals surface area contributed by atoms with Gasteiger partial charge in [-0.25, -0.2) is 0 Å². The van der Waals surface area contributed by atoms with Gasteiger partial charge >= 0.3 is 0 Å². The van der Waals surface area contributed by atoms with Gasteiger partial charge in [-0.1, -0.05) is 72.6 Å². The summed E-state index contributed by atoms with van der Waals surface area (Å²) in [5.41, 5.74) is 2.11. The number of phenolic OH excluding ortho intramolecular Hbond substituents is 1. The van der Waals surface area contributed by atoms with Crippen molar-refractivity contribution in [2.24, 2.45) is 50.2 Å². The topological polar surface area (TPSA) is 75.6 Å². The molecule has 0 radical (unpaired) electrons. The third kappa shape index (κ3) is 4.65. The third-order valence-corrected chi connectivity index (χ3v) is 14.4. The van der Waals surface area contributed by atoms with E-state index in [0.717, 1.165) is 37.7 Å². The number of carbonyl (C=O) groups excluding carboxylic acids is 2. The van der Waals surface area contributed by atoms with Crippen LogP contribution in [-0.2, 0) is 20.9 Å². The van der Waals surface area contributed by atoms with Gasteiger partial charge < -0.3 is 15.2 Å². The first-order chi connectivity index (χ1) is 20.1. The predicted octanol–water partition coefficient (Wildman–Crippen LogP) is 8.35. The molecule has 0 bridgehead atoms. The number of ether oxygens (including phenoxy) is 1. The molecule has 5 aliphatic carbocycles. The number of phenols is 1. The van der Waals surface area contributed by atoms with E-state index in [1.54, 1.807) is 18.2 Å². The van der Waals surface area contributed by atoms with Crippen LogP contribution < -0.4 is 5.32 Å². The molecule has 8 atom stereocenters. The smallest absolute Gasteiger partial charge is 0.227 e. The second-order valence-electron chi connectivity index (χ2n) is 17.3. The maximum atomic E-state index is 14.5. The molecule has 6 rings (SSSR count). The van der Waals surface area contributed by atoms with Crippen molar-refractivity contribution in [1.29, 1.82) is 0 Å². The van der Waals surface area contributed by atoms with Crippen LogP contribution in [0.5, 0.6) is 5.75 Å². The van der Waals surface area contributed by atoms with Crippen LogP contribution in [0, 0.1) is 50.2 Å². The number of rotatable bonds is 5. The quantitative estimate of drug-likeness (QED) is 0.267. The number of hydrogen-bond acceptors (Lipinski definition) is 4. The molecule has 0 aromatic heterocycles. The van der Waals surface area contributed by atoms with Crippen LogP contribution in [0.25, 0.3) is 0 Å². The monoisotopic (exact) mass is 589 g/mol. The molecular weight excluding hydrogens is 534 g/mol. The lowest BCUT2D eigenvalue weighted by atomic mass is 9.33. The minimum atomic E-state index is -0.504. The van der Waals surface area contributed by atoms with Gasteiger partial charge in [0.05, 0.1) is 6.61 Å². The number of carbonyl (C=O) groups is 2. The van der Waals surface area contributed by atoms with E-state index in [9.17, 15) is 14.7 Å². The lowest BCUT2D eigenvalue weighted by Crippen LogP contribution is -2.65. The normalized spacial score (nSPS) is 43.4. The molecule has 1 aromatic rings. The minimum absolute atomic E-state index is 0.0234. The Kier molecular flexibility index (Phi) is 7.31. The van der Waals surface area contributed by atoms with E-state index >= 15 is 0 Å². The van der Waals surface area contributed by atoms with E-state index in [2.05, 4.69) is 59.9 Å². The number of ketones is 1. The molecule has 0 aliphatic heterocycles. The molecule has 0 saturated heterocycles. The summed E-state index contributed by atoms with van der Waals surface area (Å²) in [6.07, 6.45) is 13.1. The first-order valence-electron chi connectivity index (χ1n) is 17.0. The molecule has 0 heterocycles. The molecule has 4 fully saturated rings. The molecule has 236 valence electrons. The van der Waals surface area contributed by atoms with Crippen molar-refractivity contribution < 1.29 is 19.4 Å². The number of amides is 1. The Balaban J connectivity index is 1.24. The minimum Gasteiger partial charge on any atom is -0.508 e. The lowest BCUT2D eigenvalue weighted by Gasteiger charge is -2.70. The van der Waals surface area contributed by atoms with E-state index in [1.165, 1.54) is 37.7 Å². The highest BCUT2D eigenvalue weighted by Crippen LogP contribution is 2.75. The lowest BCUT2D eigenvalue weighted by molar-refractivity contribution is -0.185. The maximum absolute atomic E-state index is 14.5. The fraction of sp³-hybridized carbons (Fsp3) is 0.737. The Bertz CT molecular complexity index is 1330. The number of hydrogen-bond donors (Lipinski definition) is 2. The van der Waals surface area contributed by atoms with Gasteiger partial charge in [0.15, 0.2) is 5.78 Å². The molecule has 2 N–H and O–H groups in total. The summed E-state index contributed by atoms with van der Waals surface area (Å²) < 4.78 is 5.76. The van der Waals surface area contributed by atoms with Crippen molar-refractivity contribution in [2.45, 2.75) is 119 Å². The van der Waals surface area contributed by atoms with E-state index in [4.69, 9.17) is 4.74 Å². The van der Waals surface area contributed by atoms with Gasteiger partial charge in [0.1, 0.15) is 12.5 Å². The van der Waals surface area contributed by atoms with Crippen LogP contribution in [0.4, 0.5) is 0 Å². The summed E-state index contributed by atoms with van der Waals surface area (Å²) in [4.78, 5) is 28.2. The Morgan fingerprint density at radius 2 is 1.72 bits per heavy atom. The van der Waals surface area contributed by atoms with Gasteiger partial charge in [-0.05, 0) is 120 Å². The molecule has 5 aliphatic rings. The van der Waals surface area contributed by atoms with Gasteiger partial charge in [-0.3, -0.25) is 9.59 Å². The van der Waals surface area contributed by atoms with Crippen LogP contribution in [0.2, 0.25) is 0 Å². The third-order valence-electron chi connectivity index (χ3n) is 14.4. The average Bonchev–Trinajstić information content (AvgIpc) is 2.92. The SMILES string of the molecule is CC1(C)CCC[C@@]2(C)C1CC[C@]1(C)[C@@H]2C(=O)C=C2[C@@H]3C[C@@](C)(C(=O)NCOCc4cccc(O)c4)CC[C@]3(C)CC[C@]21C. The number of benzene rings is 1. The molecule has 5 heteroatoms. The summed E-state index contributed by atoms with van der Waals surface area (Å²) in [6.45, 7) is 17.4. The zero-order chi connectivity index (χ0) is 31.1. The molecule has 1 aromatic carbocycles. The highest BCUT2D eigenvalue weighted by atomic mass is 16.5. The highest BCUT2D eigenvalue weighted by molar-refractivity contribution is 5.95. The van der Waals surface area contributed by atoms with Crippen molar-refractivity contribution in [1.82, 2.24) is 5.32 Å². The zero-order valence-corrected chi connectivity index (χ0v) is 27.8. The van der Waals surface area contributed by atoms with Gasteiger partial charge in [-0.15, -0.1) is 0 Å². The Morgan fingerprint density at radius 1 is 0.977 bits per heavy atom. The van der Waals surface area contributed by atoms with E-state index in [1.807, 2.05) is 6.07 Å². The predicted molar refractivity (Wildman–Crippen MR) is 170 cm³/mol. The molecule has 0 spiro atoms. The van der Waals surface area contributed by atoms with Crippen molar-refractivity contribution in [3.63, 3.8) is 0 Å². The summed E-state index contributed by atoms with van der Waals surface area (Å²) in [5.74, 6) is 1.54. The van der Waals surface area contributed by atoms with Crippen LogP contribution >= 0.6 is 0 Å². The Morgan fingerprint density at radius 3 is 2.47 bits per heavy atom. The van der Waals surface area contributed by atoms with Gasteiger partial charge in [0.2, 0.25) is 5.91 Å². The van der Waals surface area contributed by atoms with Crippen LogP contribution in [0.1, 0.15) is 118 Å². The maximum Gasteiger partial charge on any atom is 0.227 e.